The Morgan fingerprint density at radius 1 is 1.64 bits per heavy atom. The van der Waals surface area contributed by atoms with Crippen LogP contribution in [0.3, 0.4) is 0 Å². The molecule has 80 valence electrons. The zero-order valence-electron chi connectivity index (χ0n) is 8.66. The summed E-state index contributed by atoms with van der Waals surface area (Å²) in [4.78, 5) is 13.5. The topological polar surface area (TPSA) is 78.9 Å². The summed E-state index contributed by atoms with van der Waals surface area (Å²) >= 11 is 0. The molecule has 0 aromatic heterocycles. The third-order valence-corrected chi connectivity index (χ3v) is 2.66. The SMILES string of the molecule is CC1(C)CCCN1C(=O)C/C(N)=N/O. The van der Waals surface area contributed by atoms with Gasteiger partial charge in [-0.15, -0.1) is 0 Å². The quantitative estimate of drug-likeness (QED) is 0.294. The molecule has 0 saturated carbocycles. The number of hydrogen-bond acceptors (Lipinski definition) is 3. The summed E-state index contributed by atoms with van der Waals surface area (Å²) in [5.74, 6) is -0.0968. The number of amidine groups is 1. The molecule has 0 aromatic carbocycles. The lowest BCUT2D eigenvalue weighted by molar-refractivity contribution is -0.133. The van der Waals surface area contributed by atoms with Gasteiger partial charge in [0.05, 0.1) is 6.42 Å². The van der Waals surface area contributed by atoms with E-state index in [2.05, 4.69) is 5.16 Å². The van der Waals surface area contributed by atoms with Crippen LogP contribution in [0.4, 0.5) is 0 Å². The van der Waals surface area contributed by atoms with Crippen molar-refractivity contribution >= 4 is 11.7 Å². The Kier molecular flexibility index (Phi) is 2.98. The fraction of sp³-hybridized carbons (Fsp3) is 0.778. The summed E-state index contributed by atoms with van der Waals surface area (Å²) in [5.41, 5.74) is 5.19. The molecule has 0 aromatic rings. The monoisotopic (exact) mass is 199 g/mol. The molecule has 5 nitrogen and oxygen atoms in total. The van der Waals surface area contributed by atoms with Gasteiger partial charge in [0.1, 0.15) is 5.84 Å². The second-order valence-electron chi connectivity index (χ2n) is 4.23. The molecule has 1 rings (SSSR count). The van der Waals surface area contributed by atoms with Gasteiger partial charge in [0.2, 0.25) is 5.91 Å². The van der Waals surface area contributed by atoms with Crippen LogP contribution in [0.25, 0.3) is 0 Å². The van der Waals surface area contributed by atoms with Crippen molar-refractivity contribution in [2.45, 2.75) is 38.6 Å². The minimum atomic E-state index is -0.0905. The second-order valence-corrected chi connectivity index (χ2v) is 4.23. The van der Waals surface area contributed by atoms with Crippen molar-refractivity contribution in [2.75, 3.05) is 6.54 Å². The lowest BCUT2D eigenvalue weighted by Gasteiger charge is -2.31. The molecule has 5 heteroatoms. The molecule has 0 atom stereocenters. The number of oxime groups is 1. The van der Waals surface area contributed by atoms with E-state index in [1.165, 1.54) is 0 Å². The minimum absolute atomic E-state index is 0.0000694. The summed E-state index contributed by atoms with van der Waals surface area (Å²) in [6.07, 6.45) is 2.03. The molecule has 14 heavy (non-hydrogen) atoms. The van der Waals surface area contributed by atoms with Crippen LogP contribution in [-0.4, -0.2) is 33.9 Å². The van der Waals surface area contributed by atoms with Gasteiger partial charge >= 0.3 is 0 Å². The number of hydrogen-bond donors (Lipinski definition) is 2. The average Bonchev–Trinajstić information content (AvgIpc) is 2.45. The van der Waals surface area contributed by atoms with Crippen LogP contribution >= 0.6 is 0 Å². The number of carbonyl (C=O) groups excluding carboxylic acids is 1. The van der Waals surface area contributed by atoms with Crippen LogP contribution in [0, 0.1) is 0 Å². The van der Waals surface area contributed by atoms with E-state index < -0.39 is 0 Å². The van der Waals surface area contributed by atoms with Crippen molar-refractivity contribution in [1.29, 1.82) is 0 Å². The molecule has 1 fully saturated rings. The number of nitrogens with zero attached hydrogens (tertiary/aromatic N) is 2. The van der Waals surface area contributed by atoms with Gasteiger partial charge in [-0.25, -0.2) is 0 Å². The summed E-state index contributed by atoms with van der Waals surface area (Å²) in [5, 5.41) is 11.1. The first-order valence-electron chi connectivity index (χ1n) is 4.74. The Morgan fingerprint density at radius 3 is 2.71 bits per heavy atom. The van der Waals surface area contributed by atoms with Crippen LogP contribution in [-0.2, 0) is 4.79 Å². The Balaban J connectivity index is 2.61. The molecule has 1 aliphatic rings. The first-order valence-corrected chi connectivity index (χ1v) is 4.74. The van der Waals surface area contributed by atoms with Gasteiger partial charge in [0.15, 0.2) is 0 Å². The van der Waals surface area contributed by atoms with Gasteiger partial charge in [-0.2, -0.15) is 0 Å². The standard InChI is InChI=1S/C9H17N3O2/c1-9(2)4-3-5-12(9)8(13)6-7(10)11-14/h14H,3-6H2,1-2H3,(H2,10,11). The zero-order chi connectivity index (χ0) is 10.8. The van der Waals surface area contributed by atoms with Crippen molar-refractivity contribution in [2.24, 2.45) is 10.9 Å². The minimum Gasteiger partial charge on any atom is -0.409 e. The molecule has 3 N–H and O–H groups in total. The van der Waals surface area contributed by atoms with Crippen molar-refractivity contribution in [3.63, 3.8) is 0 Å². The van der Waals surface area contributed by atoms with E-state index >= 15 is 0 Å². The van der Waals surface area contributed by atoms with E-state index in [9.17, 15) is 4.79 Å². The van der Waals surface area contributed by atoms with Gasteiger partial charge in [0, 0.05) is 12.1 Å². The highest BCUT2D eigenvalue weighted by Gasteiger charge is 2.35. The second kappa shape index (κ2) is 3.86. The molecule has 0 bridgehead atoms. The molecule has 0 radical (unpaired) electrons. The van der Waals surface area contributed by atoms with E-state index in [4.69, 9.17) is 10.9 Å². The first kappa shape index (κ1) is 10.8. The first-order chi connectivity index (χ1) is 6.47. The van der Waals surface area contributed by atoms with Crippen LogP contribution in [0.1, 0.15) is 33.1 Å². The Morgan fingerprint density at radius 2 is 2.29 bits per heavy atom. The smallest absolute Gasteiger partial charge is 0.230 e. The Hall–Kier alpha value is -1.26. The highest BCUT2D eigenvalue weighted by Crippen LogP contribution is 2.28. The molecule has 0 unspecified atom stereocenters. The van der Waals surface area contributed by atoms with Gasteiger partial charge in [-0.1, -0.05) is 5.16 Å². The van der Waals surface area contributed by atoms with E-state index in [0.717, 1.165) is 19.4 Å². The van der Waals surface area contributed by atoms with Crippen LogP contribution in [0.15, 0.2) is 5.16 Å². The van der Waals surface area contributed by atoms with Gasteiger partial charge in [-0.3, -0.25) is 4.79 Å². The predicted molar refractivity (Wildman–Crippen MR) is 53.1 cm³/mol. The van der Waals surface area contributed by atoms with Crippen molar-refractivity contribution < 1.29 is 10.0 Å². The van der Waals surface area contributed by atoms with Crippen molar-refractivity contribution in [1.82, 2.24) is 4.90 Å². The molecule has 0 aliphatic carbocycles. The van der Waals surface area contributed by atoms with E-state index in [0.29, 0.717) is 0 Å². The van der Waals surface area contributed by atoms with Crippen molar-refractivity contribution in [3.05, 3.63) is 0 Å². The van der Waals surface area contributed by atoms with Crippen LogP contribution in [0.5, 0.6) is 0 Å². The maximum absolute atomic E-state index is 11.7. The van der Waals surface area contributed by atoms with Gasteiger partial charge in [-0.05, 0) is 26.7 Å². The average molecular weight is 199 g/mol. The number of rotatable bonds is 2. The van der Waals surface area contributed by atoms with Gasteiger partial charge < -0.3 is 15.8 Å². The van der Waals surface area contributed by atoms with E-state index in [1.807, 2.05) is 13.8 Å². The Labute approximate surface area is 83.6 Å². The van der Waals surface area contributed by atoms with Crippen LogP contribution in [0.2, 0.25) is 0 Å². The van der Waals surface area contributed by atoms with Crippen LogP contribution < -0.4 is 5.73 Å². The maximum Gasteiger partial charge on any atom is 0.230 e. The normalized spacial score (nSPS) is 21.3. The predicted octanol–water partition coefficient (Wildman–Crippen LogP) is 0.524. The highest BCUT2D eigenvalue weighted by atomic mass is 16.4. The molecular formula is C9H17N3O2. The summed E-state index contributed by atoms with van der Waals surface area (Å²) in [7, 11) is 0. The van der Waals surface area contributed by atoms with Gasteiger partial charge in [0.25, 0.3) is 0 Å². The molecule has 0 spiro atoms. The van der Waals surface area contributed by atoms with E-state index in [1.54, 1.807) is 4.90 Å². The van der Waals surface area contributed by atoms with Crippen molar-refractivity contribution in [3.8, 4) is 0 Å². The third kappa shape index (κ3) is 2.16. The zero-order valence-corrected chi connectivity index (χ0v) is 8.66. The number of nitrogens with two attached hydrogens (primary N) is 1. The summed E-state index contributed by atoms with van der Waals surface area (Å²) in [6.45, 7) is 4.83. The molecule has 1 saturated heterocycles. The molecule has 1 amide bonds. The lowest BCUT2D eigenvalue weighted by atomic mass is 10.0. The number of likely N-dealkylation sites (tertiary alicyclic amines) is 1. The summed E-state index contributed by atoms with van der Waals surface area (Å²) in [6, 6.07) is 0. The Bertz CT molecular complexity index is 261. The fourth-order valence-electron chi connectivity index (χ4n) is 1.86. The molecular weight excluding hydrogens is 182 g/mol. The maximum atomic E-state index is 11.7. The molecule has 1 aliphatic heterocycles. The fourth-order valence-corrected chi connectivity index (χ4v) is 1.86. The summed E-state index contributed by atoms with van der Waals surface area (Å²) < 4.78 is 0. The third-order valence-electron chi connectivity index (χ3n) is 2.66. The highest BCUT2D eigenvalue weighted by molar-refractivity contribution is 5.99. The number of amides is 1. The number of carbonyl (C=O) groups is 1. The largest absolute Gasteiger partial charge is 0.409 e. The lowest BCUT2D eigenvalue weighted by Crippen LogP contribution is -2.43. The molecule has 1 heterocycles. The van der Waals surface area contributed by atoms with E-state index in [-0.39, 0.29) is 23.7 Å².